The summed E-state index contributed by atoms with van der Waals surface area (Å²) < 4.78 is 7.92. The van der Waals surface area contributed by atoms with Crippen LogP contribution in [-0.4, -0.2) is 25.5 Å². The second kappa shape index (κ2) is 8.15. The van der Waals surface area contributed by atoms with Crippen LogP contribution in [0.1, 0.15) is 47.9 Å². The van der Waals surface area contributed by atoms with Crippen LogP contribution in [0, 0.1) is 5.92 Å². The van der Waals surface area contributed by atoms with Crippen molar-refractivity contribution in [3.05, 3.63) is 82.9 Å². The molecule has 6 rings (SSSR count). The zero-order valence-corrected chi connectivity index (χ0v) is 18.6. The van der Waals surface area contributed by atoms with Crippen molar-refractivity contribution in [2.45, 2.75) is 37.7 Å². The summed E-state index contributed by atoms with van der Waals surface area (Å²) in [4.78, 5) is 17.3. The van der Waals surface area contributed by atoms with Crippen LogP contribution in [0.15, 0.2) is 61.1 Å². The van der Waals surface area contributed by atoms with Crippen molar-refractivity contribution in [3.63, 3.8) is 0 Å². The maximum atomic E-state index is 12.6. The first kappa shape index (κ1) is 20.2. The lowest BCUT2D eigenvalue weighted by atomic mass is 10.1. The smallest absolute Gasteiger partial charge is 0.229 e. The third-order valence-electron chi connectivity index (χ3n) is 6.24. The predicted octanol–water partition coefficient (Wildman–Crippen LogP) is 4.98. The van der Waals surface area contributed by atoms with Gasteiger partial charge in [-0.15, -0.1) is 5.10 Å². The van der Waals surface area contributed by atoms with Crippen LogP contribution in [0.5, 0.6) is 5.75 Å². The standard InChI is InChI=1S/C25H22ClN5O2/c26-18-3-1-2-16(8-18)21-10-22(21)25(32)29-23-9-20(11-27-30-23)33-14-19-13-31-12-17(15-4-5-15)6-7-24(31)28-19/h1-3,6-9,11-13,15,21-22H,4-5,10,14H2,(H,29,30,32)/t21-,22+/m1/s1. The van der Waals surface area contributed by atoms with Crippen molar-refractivity contribution in [1.82, 2.24) is 19.6 Å². The van der Waals surface area contributed by atoms with E-state index >= 15 is 0 Å². The van der Waals surface area contributed by atoms with E-state index in [2.05, 4.69) is 37.2 Å². The van der Waals surface area contributed by atoms with E-state index < -0.39 is 0 Å². The van der Waals surface area contributed by atoms with E-state index in [-0.39, 0.29) is 17.7 Å². The fourth-order valence-corrected chi connectivity index (χ4v) is 4.44. The van der Waals surface area contributed by atoms with Gasteiger partial charge >= 0.3 is 0 Å². The van der Waals surface area contributed by atoms with Crippen LogP contribution in [0.2, 0.25) is 5.02 Å². The summed E-state index contributed by atoms with van der Waals surface area (Å²) in [6.07, 6.45) is 9.01. The molecule has 2 aliphatic carbocycles. The molecule has 3 heterocycles. The zero-order valence-electron chi connectivity index (χ0n) is 17.8. The number of ether oxygens (including phenoxy) is 1. The zero-order chi connectivity index (χ0) is 22.4. The Balaban J connectivity index is 1.08. The van der Waals surface area contributed by atoms with Gasteiger partial charge in [0.05, 0.1) is 11.9 Å². The molecule has 3 aromatic heterocycles. The quantitative estimate of drug-likeness (QED) is 0.421. The molecule has 0 aliphatic heterocycles. The van der Waals surface area contributed by atoms with E-state index in [1.807, 2.05) is 36.5 Å². The molecule has 1 aromatic carbocycles. The van der Waals surface area contributed by atoms with Gasteiger partial charge in [-0.05, 0) is 60.4 Å². The summed E-state index contributed by atoms with van der Waals surface area (Å²) in [7, 11) is 0. The fourth-order valence-electron chi connectivity index (χ4n) is 4.24. The number of nitrogens with zero attached hydrogens (tertiary/aromatic N) is 4. The van der Waals surface area contributed by atoms with Crippen LogP contribution in [0.25, 0.3) is 5.65 Å². The predicted molar refractivity (Wildman–Crippen MR) is 124 cm³/mol. The number of hydrogen-bond donors (Lipinski definition) is 1. The number of carbonyl (C=O) groups is 1. The van der Waals surface area contributed by atoms with Gasteiger partial charge in [-0.25, -0.2) is 4.98 Å². The van der Waals surface area contributed by atoms with Crippen LogP contribution < -0.4 is 10.1 Å². The van der Waals surface area contributed by atoms with Crippen LogP contribution in [-0.2, 0) is 11.4 Å². The molecular formula is C25H22ClN5O2. The summed E-state index contributed by atoms with van der Waals surface area (Å²) in [5.74, 6) is 1.62. The molecule has 166 valence electrons. The Bertz CT molecular complexity index is 1350. The van der Waals surface area contributed by atoms with E-state index in [4.69, 9.17) is 16.3 Å². The molecule has 0 spiro atoms. The largest absolute Gasteiger partial charge is 0.485 e. The van der Waals surface area contributed by atoms with Crippen molar-refractivity contribution in [1.29, 1.82) is 0 Å². The van der Waals surface area contributed by atoms with Crippen molar-refractivity contribution in [2.75, 3.05) is 5.32 Å². The maximum absolute atomic E-state index is 12.6. The third-order valence-corrected chi connectivity index (χ3v) is 6.48. The SMILES string of the molecule is O=C(Nc1cc(OCc2cn3cc(C4CC4)ccc3n2)cnn1)[C@H]1C[C@@H]1c1cccc(Cl)c1. The minimum absolute atomic E-state index is 0.0711. The lowest BCUT2D eigenvalue weighted by molar-refractivity contribution is -0.117. The maximum Gasteiger partial charge on any atom is 0.229 e. The third kappa shape index (κ3) is 4.41. The topological polar surface area (TPSA) is 81.4 Å². The molecule has 33 heavy (non-hydrogen) atoms. The molecule has 0 bridgehead atoms. The molecule has 4 aromatic rings. The van der Waals surface area contributed by atoms with E-state index in [1.165, 1.54) is 24.6 Å². The number of fused-ring (bicyclic) bond motifs is 1. The van der Waals surface area contributed by atoms with E-state index in [9.17, 15) is 4.79 Å². The number of halogens is 1. The minimum atomic E-state index is -0.0895. The molecule has 2 aliphatic rings. The van der Waals surface area contributed by atoms with Gasteiger partial charge in [0.25, 0.3) is 0 Å². The lowest BCUT2D eigenvalue weighted by Gasteiger charge is -2.07. The number of carbonyl (C=O) groups excluding carboxylic acids is 1. The van der Waals surface area contributed by atoms with Gasteiger partial charge in [0.2, 0.25) is 5.91 Å². The highest BCUT2D eigenvalue weighted by molar-refractivity contribution is 6.30. The van der Waals surface area contributed by atoms with Gasteiger partial charge < -0.3 is 14.5 Å². The summed E-state index contributed by atoms with van der Waals surface area (Å²) in [5, 5.41) is 11.5. The van der Waals surface area contributed by atoms with E-state index in [0.29, 0.717) is 29.1 Å². The molecule has 2 fully saturated rings. The second-order valence-corrected chi connectivity index (χ2v) is 9.23. The molecule has 0 saturated heterocycles. The Hall–Kier alpha value is -3.45. The highest BCUT2D eigenvalue weighted by Gasteiger charge is 2.44. The van der Waals surface area contributed by atoms with Gasteiger partial charge in [0.1, 0.15) is 18.0 Å². The number of pyridine rings is 1. The number of rotatable bonds is 7. The average Bonchev–Trinajstić information content (AvgIpc) is 3.74. The van der Waals surface area contributed by atoms with Gasteiger partial charge in [0, 0.05) is 29.4 Å². The summed E-state index contributed by atoms with van der Waals surface area (Å²) in [6, 6.07) is 13.6. The van der Waals surface area contributed by atoms with Crippen LogP contribution in [0.3, 0.4) is 0 Å². The first-order valence-corrected chi connectivity index (χ1v) is 11.5. The van der Waals surface area contributed by atoms with Crippen molar-refractivity contribution >= 4 is 29.0 Å². The molecule has 0 radical (unpaired) electrons. The minimum Gasteiger partial charge on any atom is -0.485 e. The monoisotopic (exact) mass is 459 g/mol. The Labute approximate surface area is 195 Å². The number of amides is 1. The summed E-state index contributed by atoms with van der Waals surface area (Å²) in [6.45, 7) is 0.305. The molecule has 1 amide bonds. The summed E-state index contributed by atoms with van der Waals surface area (Å²) >= 11 is 6.07. The van der Waals surface area contributed by atoms with Crippen molar-refractivity contribution < 1.29 is 9.53 Å². The highest BCUT2D eigenvalue weighted by Crippen LogP contribution is 2.48. The number of benzene rings is 1. The number of imidazole rings is 1. The van der Waals surface area contributed by atoms with Crippen molar-refractivity contribution in [2.24, 2.45) is 5.92 Å². The molecule has 7 nitrogen and oxygen atoms in total. The van der Waals surface area contributed by atoms with Crippen molar-refractivity contribution in [3.8, 4) is 5.75 Å². The average molecular weight is 460 g/mol. The van der Waals surface area contributed by atoms with Gasteiger partial charge in [-0.3, -0.25) is 4.79 Å². The van der Waals surface area contributed by atoms with Crippen LogP contribution >= 0.6 is 11.6 Å². The molecule has 1 N–H and O–H groups in total. The first-order chi connectivity index (χ1) is 16.1. The van der Waals surface area contributed by atoms with Gasteiger partial charge in [-0.1, -0.05) is 29.8 Å². The Morgan fingerprint density at radius 2 is 2.06 bits per heavy atom. The summed E-state index contributed by atoms with van der Waals surface area (Å²) in [5.41, 5.74) is 4.17. The highest BCUT2D eigenvalue weighted by atomic mass is 35.5. The normalized spacial score (nSPS) is 19.4. The Morgan fingerprint density at radius 1 is 1.15 bits per heavy atom. The number of aromatic nitrogens is 4. The number of anilines is 1. The van der Waals surface area contributed by atoms with Gasteiger partial charge in [0.15, 0.2) is 5.82 Å². The van der Waals surface area contributed by atoms with E-state index in [1.54, 1.807) is 6.07 Å². The second-order valence-electron chi connectivity index (χ2n) is 8.79. The van der Waals surface area contributed by atoms with E-state index in [0.717, 1.165) is 23.3 Å². The molecule has 2 atom stereocenters. The Kier molecular flexibility index (Phi) is 4.99. The number of nitrogens with one attached hydrogen (secondary N) is 1. The Morgan fingerprint density at radius 3 is 2.91 bits per heavy atom. The molecule has 2 saturated carbocycles. The molecular weight excluding hydrogens is 438 g/mol. The first-order valence-electron chi connectivity index (χ1n) is 11.1. The fraction of sp³-hybridized carbons (Fsp3) is 0.280. The molecule has 0 unspecified atom stereocenters. The number of hydrogen-bond acceptors (Lipinski definition) is 5. The lowest BCUT2D eigenvalue weighted by Crippen LogP contribution is -2.16. The van der Waals surface area contributed by atoms with Crippen LogP contribution in [0.4, 0.5) is 5.82 Å². The molecule has 8 heteroatoms. The van der Waals surface area contributed by atoms with Gasteiger partial charge in [-0.2, -0.15) is 5.10 Å².